The minimum absolute atomic E-state index is 0.209. The average Bonchev–Trinajstić information content (AvgIpc) is 2.40. The van der Waals surface area contributed by atoms with Crippen LogP contribution in [0.2, 0.25) is 0 Å². The summed E-state index contributed by atoms with van der Waals surface area (Å²) in [6.45, 7) is 9.97. The van der Waals surface area contributed by atoms with E-state index in [0.29, 0.717) is 5.92 Å². The molecule has 0 aliphatic heterocycles. The molecule has 0 fully saturated rings. The van der Waals surface area contributed by atoms with E-state index in [0.717, 1.165) is 16.8 Å². The smallest absolute Gasteiger partial charge is 0.188 e. The fourth-order valence-corrected chi connectivity index (χ4v) is 1.33. The maximum atomic E-state index is 9.25. The van der Waals surface area contributed by atoms with Crippen molar-refractivity contribution in [2.75, 3.05) is 0 Å². The van der Waals surface area contributed by atoms with Gasteiger partial charge in [-0.1, -0.05) is 26.5 Å². The van der Waals surface area contributed by atoms with E-state index in [1.165, 1.54) is 0 Å². The maximum absolute atomic E-state index is 9.25. The van der Waals surface area contributed by atoms with Crippen molar-refractivity contribution >= 4 is 6.08 Å². The number of aromatic hydroxyl groups is 1. The van der Waals surface area contributed by atoms with Gasteiger partial charge in [0.15, 0.2) is 5.88 Å². The molecule has 0 saturated heterocycles. The Kier molecular flexibility index (Phi) is 3.18. The van der Waals surface area contributed by atoms with Gasteiger partial charge in [-0.2, -0.15) is 0 Å². The van der Waals surface area contributed by atoms with Gasteiger partial charge in [0.2, 0.25) is 0 Å². The van der Waals surface area contributed by atoms with Crippen molar-refractivity contribution in [3.05, 3.63) is 35.6 Å². The molecule has 76 valence electrons. The highest BCUT2D eigenvalue weighted by molar-refractivity contribution is 5.57. The molecule has 0 atom stereocenters. The first-order valence-corrected chi connectivity index (χ1v) is 4.77. The minimum atomic E-state index is 0.209. The molecule has 1 aromatic heterocycles. The van der Waals surface area contributed by atoms with Crippen LogP contribution in [0.1, 0.15) is 25.1 Å². The summed E-state index contributed by atoms with van der Waals surface area (Å²) in [5.74, 6) is 0.651. The molecule has 0 aliphatic rings. The zero-order valence-electron chi connectivity index (χ0n) is 8.96. The first-order valence-electron chi connectivity index (χ1n) is 4.77. The summed E-state index contributed by atoms with van der Waals surface area (Å²) in [5, 5.41) is 9.25. The summed E-state index contributed by atoms with van der Waals surface area (Å²) in [7, 11) is 0. The normalized spacial score (nSPS) is 12.1. The lowest BCUT2D eigenvalue weighted by Gasteiger charge is -2.05. The van der Waals surface area contributed by atoms with E-state index in [1.807, 2.05) is 19.1 Å². The molecule has 1 rings (SSSR count). The molecule has 0 amide bonds. The van der Waals surface area contributed by atoms with Crippen LogP contribution in [0.4, 0.5) is 0 Å². The van der Waals surface area contributed by atoms with Gasteiger partial charge in [0, 0.05) is 11.8 Å². The largest absolute Gasteiger partial charge is 0.495 e. The quantitative estimate of drug-likeness (QED) is 0.707. The highest BCUT2D eigenvalue weighted by Gasteiger charge is 2.03. The number of allylic oxidation sites excluding steroid dienone is 2. The summed E-state index contributed by atoms with van der Waals surface area (Å²) in [6.07, 6.45) is 3.87. The van der Waals surface area contributed by atoms with Crippen LogP contribution in [0.25, 0.3) is 6.08 Å². The van der Waals surface area contributed by atoms with Gasteiger partial charge >= 0.3 is 0 Å². The van der Waals surface area contributed by atoms with Gasteiger partial charge in [-0.3, -0.25) is 0 Å². The van der Waals surface area contributed by atoms with Gasteiger partial charge in [0.1, 0.15) is 0 Å². The lowest BCUT2D eigenvalue weighted by atomic mass is 10.0. The van der Waals surface area contributed by atoms with Gasteiger partial charge in [0.05, 0.1) is 0 Å². The van der Waals surface area contributed by atoms with Crippen LogP contribution in [-0.4, -0.2) is 10.1 Å². The van der Waals surface area contributed by atoms with Crippen molar-refractivity contribution in [2.24, 2.45) is 5.92 Å². The molecule has 1 aromatic rings. The van der Waals surface area contributed by atoms with Gasteiger partial charge in [0.25, 0.3) is 0 Å². The Labute approximate surface area is 85.0 Å². The molecule has 0 aliphatic carbocycles. The predicted molar refractivity (Wildman–Crippen MR) is 60.2 cm³/mol. The molecular weight excluding hydrogens is 174 g/mol. The van der Waals surface area contributed by atoms with Gasteiger partial charge < -0.3 is 10.1 Å². The molecule has 2 heteroatoms. The molecule has 2 N–H and O–H groups in total. The number of rotatable bonds is 3. The fraction of sp³-hybridized carbons (Fsp3) is 0.333. The standard InChI is InChI=1S/C12H17NO/c1-5-10(8(2)3)7-11-9(4)6-12(14)13-11/h5-8,13-14H,1H2,2-4H3/b10-7+. The zero-order chi connectivity index (χ0) is 10.7. The van der Waals surface area contributed by atoms with Crippen LogP contribution in [0.5, 0.6) is 5.88 Å². The topological polar surface area (TPSA) is 36.0 Å². The Bertz CT molecular complexity index is 358. The number of nitrogens with one attached hydrogen (secondary N) is 1. The Hall–Kier alpha value is -1.44. The molecule has 14 heavy (non-hydrogen) atoms. The van der Waals surface area contributed by atoms with E-state index < -0.39 is 0 Å². The number of aryl methyl sites for hydroxylation is 1. The van der Waals surface area contributed by atoms with Crippen LogP contribution >= 0.6 is 0 Å². The molecular formula is C12H17NO. The summed E-state index contributed by atoms with van der Waals surface area (Å²) in [4.78, 5) is 2.90. The lowest BCUT2D eigenvalue weighted by molar-refractivity contribution is 0.456. The molecule has 0 unspecified atom stereocenters. The van der Waals surface area contributed by atoms with E-state index >= 15 is 0 Å². The Morgan fingerprint density at radius 3 is 2.57 bits per heavy atom. The van der Waals surface area contributed by atoms with Gasteiger partial charge in [-0.05, 0) is 30.1 Å². The molecule has 1 heterocycles. The van der Waals surface area contributed by atoms with Gasteiger partial charge in [-0.25, -0.2) is 0 Å². The second-order valence-corrected chi connectivity index (χ2v) is 3.75. The Morgan fingerprint density at radius 2 is 2.21 bits per heavy atom. The third-order valence-electron chi connectivity index (χ3n) is 2.25. The molecule has 0 radical (unpaired) electrons. The van der Waals surface area contributed by atoms with Crippen molar-refractivity contribution in [3.63, 3.8) is 0 Å². The van der Waals surface area contributed by atoms with Crippen molar-refractivity contribution in [2.45, 2.75) is 20.8 Å². The van der Waals surface area contributed by atoms with E-state index in [9.17, 15) is 5.11 Å². The molecule has 2 nitrogen and oxygen atoms in total. The van der Waals surface area contributed by atoms with Crippen molar-refractivity contribution < 1.29 is 5.11 Å². The third-order valence-corrected chi connectivity index (χ3v) is 2.25. The Balaban J connectivity index is 3.05. The number of aromatic nitrogens is 1. The summed E-state index contributed by atoms with van der Waals surface area (Å²) in [5.41, 5.74) is 3.16. The summed E-state index contributed by atoms with van der Waals surface area (Å²) >= 11 is 0. The minimum Gasteiger partial charge on any atom is -0.495 e. The van der Waals surface area contributed by atoms with Crippen LogP contribution in [0.3, 0.4) is 0 Å². The molecule has 0 saturated carbocycles. The summed E-state index contributed by atoms with van der Waals surface area (Å²) < 4.78 is 0. The second kappa shape index (κ2) is 4.18. The number of hydrogen-bond acceptors (Lipinski definition) is 1. The monoisotopic (exact) mass is 191 g/mol. The second-order valence-electron chi connectivity index (χ2n) is 3.75. The van der Waals surface area contributed by atoms with Crippen molar-refractivity contribution in [1.82, 2.24) is 4.98 Å². The van der Waals surface area contributed by atoms with E-state index in [4.69, 9.17) is 0 Å². The van der Waals surface area contributed by atoms with Crippen LogP contribution in [0, 0.1) is 12.8 Å². The van der Waals surface area contributed by atoms with Crippen LogP contribution < -0.4 is 0 Å². The zero-order valence-corrected chi connectivity index (χ0v) is 8.96. The highest BCUT2D eigenvalue weighted by atomic mass is 16.3. The number of H-pyrrole nitrogens is 1. The average molecular weight is 191 g/mol. The van der Waals surface area contributed by atoms with Crippen molar-refractivity contribution in [3.8, 4) is 5.88 Å². The van der Waals surface area contributed by atoms with Crippen LogP contribution in [-0.2, 0) is 0 Å². The van der Waals surface area contributed by atoms with Gasteiger partial charge in [-0.15, -0.1) is 0 Å². The van der Waals surface area contributed by atoms with E-state index in [2.05, 4.69) is 25.4 Å². The number of aromatic amines is 1. The van der Waals surface area contributed by atoms with Crippen LogP contribution in [0.15, 0.2) is 24.3 Å². The maximum Gasteiger partial charge on any atom is 0.188 e. The summed E-state index contributed by atoms with van der Waals surface area (Å²) in [6, 6.07) is 1.72. The third kappa shape index (κ3) is 2.28. The predicted octanol–water partition coefficient (Wildman–Crippen LogP) is 3.25. The highest BCUT2D eigenvalue weighted by Crippen LogP contribution is 2.20. The fourth-order valence-electron chi connectivity index (χ4n) is 1.33. The van der Waals surface area contributed by atoms with E-state index in [-0.39, 0.29) is 5.88 Å². The lowest BCUT2D eigenvalue weighted by Crippen LogP contribution is -1.90. The number of hydrogen-bond donors (Lipinski definition) is 2. The molecule has 0 aromatic carbocycles. The SMILES string of the molecule is C=C/C(=C\c1[nH]c(O)cc1C)C(C)C. The van der Waals surface area contributed by atoms with Crippen molar-refractivity contribution in [1.29, 1.82) is 0 Å². The molecule has 0 spiro atoms. The first-order chi connectivity index (χ1) is 6.54. The Morgan fingerprint density at radius 1 is 1.57 bits per heavy atom. The first kappa shape index (κ1) is 10.6. The molecule has 0 bridgehead atoms. The van der Waals surface area contributed by atoms with E-state index in [1.54, 1.807) is 6.07 Å².